The molecule has 7 heteroatoms. The Morgan fingerprint density at radius 3 is 2.38 bits per heavy atom. The second-order valence-corrected chi connectivity index (χ2v) is 4.91. The summed E-state index contributed by atoms with van der Waals surface area (Å²) >= 11 is 3.07. The molecule has 0 heterocycles. The second-order valence-electron chi connectivity index (χ2n) is 3.99. The van der Waals surface area contributed by atoms with E-state index in [2.05, 4.69) is 15.9 Å². The lowest BCUT2D eigenvalue weighted by atomic mass is 10.1. The highest BCUT2D eigenvalue weighted by Crippen LogP contribution is 2.35. The van der Waals surface area contributed by atoms with Crippen LogP contribution < -0.4 is 4.74 Å². The maximum absolute atomic E-state index is 13.6. The Hall–Kier alpha value is -2.07. The van der Waals surface area contributed by atoms with Crippen molar-refractivity contribution in [1.82, 2.24) is 0 Å². The van der Waals surface area contributed by atoms with Crippen LogP contribution in [0.5, 0.6) is 11.5 Å². The Labute approximate surface area is 125 Å². The molecule has 0 amide bonds. The van der Waals surface area contributed by atoms with Gasteiger partial charge in [-0.1, -0.05) is 15.9 Å². The quantitative estimate of drug-likeness (QED) is 0.684. The minimum atomic E-state index is -4.63. The van der Waals surface area contributed by atoms with E-state index in [-0.39, 0.29) is 11.5 Å². The van der Waals surface area contributed by atoms with Crippen molar-refractivity contribution in [2.45, 2.75) is 6.18 Å². The molecule has 0 aliphatic rings. The summed E-state index contributed by atoms with van der Waals surface area (Å²) in [6, 6.07) is 8.13. The van der Waals surface area contributed by atoms with Crippen molar-refractivity contribution in [2.24, 2.45) is 0 Å². The Morgan fingerprint density at radius 1 is 1.10 bits per heavy atom. The third-order valence-electron chi connectivity index (χ3n) is 2.54. The van der Waals surface area contributed by atoms with Gasteiger partial charge in [-0.05, 0) is 36.4 Å². The largest absolute Gasteiger partial charge is 0.454 e. The predicted molar refractivity (Wildman–Crippen MR) is 70.3 cm³/mol. The van der Waals surface area contributed by atoms with Crippen molar-refractivity contribution in [3.8, 4) is 17.6 Å². The number of ether oxygens (including phenoxy) is 1. The molecule has 2 aromatic carbocycles. The number of nitriles is 1. The molecule has 0 spiro atoms. The van der Waals surface area contributed by atoms with Crippen LogP contribution in [0.25, 0.3) is 0 Å². The van der Waals surface area contributed by atoms with Crippen LogP contribution in [0, 0.1) is 17.1 Å². The van der Waals surface area contributed by atoms with E-state index in [0.717, 1.165) is 24.3 Å². The van der Waals surface area contributed by atoms with Gasteiger partial charge in [0.15, 0.2) is 11.6 Å². The molecule has 0 radical (unpaired) electrons. The smallest absolute Gasteiger partial charge is 0.417 e. The first-order valence-corrected chi connectivity index (χ1v) is 6.35. The Bertz CT molecular complexity index is 722. The fourth-order valence-electron chi connectivity index (χ4n) is 1.61. The lowest BCUT2D eigenvalue weighted by molar-refractivity contribution is -0.137. The summed E-state index contributed by atoms with van der Waals surface area (Å²) in [5.74, 6) is -0.884. The van der Waals surface area contributed by atoms with Gasteiger partial charge in [0.2, 0.25) is 0 Å². The third-order valence-corrected chi connectivity index (χ3v) is 3.03. The first kappa shape index (κ1) is 15.3. The lowest BCUT2D eigenvalue weighted by Gasteiger charge is -2.11. The summed E-state index contributed by atoms with van der Waals surface area (Å²) in [5.41, 5.74) is -1.65. The molecule has 0 N–H and O–H groups in total. The average molecular weight is 360 g/mol. The molecule has 2 aromatic rings. The van der Waals surface area contributed by atoms with Crippen molar-refractivity contribution in [3.63, 3.8) is 0 Å². The molecule has 0 saturated heterocycles. The monoisotopic (exact) mass is 359 g/mol. The Balaban J connectivity index is 2.36. The summed E-state index contributed by atoms with van der Waals surface area (Å²) in [4.78, 5) is 0. The normalized spacial score (nSPS) is 11.0. The van der Waals surface area contributed by atoms with Gasteiger partial charge in [0.05, 0.1) is 17.2 Å². The van der Waals surface area contributed by atoms with Crippen LogP contribution in [-0.4, -0.2) is 0 Å². The van der Waals surface area contributed by atoms with E-state index in [0.29, 0.717) is 4.47 Å². The van der Waals surface area contributed by atoms with Crippen molar-refractivity contribution in [3.05, 3.63) is 57.8 Å². The van der Waals surface area contributed by atoms with Gasteiger partial charge in [-0.2, -0.15) is 18.4 Å². The number of rotatable bonds is 2. The fraction of sp³-hybridized carbons (Fsp3) is 0.0714. The number of benzene rings is 2. The molecular formula is C14H6BrF4NO. The van der Waals surface area contributed by atoms with Crippen molar-refractivity contribution < 1.29 is 22.3 Å². The van der Waals surface area contributed by atoms with Gasteiger partial charge in [-0.3, -0.25) is 0 Å². The lowest BCUT2D eigenvalue weighted by Crippen LogP contribution is -2.07. The molecule has 0 unspecified atom stereocenters. The maximum Gasteiger partial charge on any atom is 0.417 e. The molecule has 0 aromatic heterocycles. The highest BCUT2D eigenvalue weighted by molar-refractivity contribution is 9.10. The van der Waals surface area contributed by atoms with E-state index in [1.54, 1.807) is 0 Å². The van der Waals surface area contributed by atoms with E-state index in [1.807, 2.05) is 0 Å². The molecule has 0 aliphatic heterocycles. The zero-order valence-electron chi connectivity index (χ0n) is 10.2. The van der Waals surface area contributed by atoms with Gasteiger partial charge in [-0.25, -0.2) is 4.39 Å². The molecular weight excluding hydrogens is 354 g/mol. The Morgan fingerprint density at radius 2 is 1.81 bits per heavy atom. The van der Waals surface area contributed by atoms with Gasteiger partial charge < -0.3 is 4.74 Å². The van der Waals surface area contributed by atoms with E-state index in [1.165, 1.54) is 18.2 Å². The molecule has 0 fully saturated rings. The summed E-state index contributed by atoms with van der Waals surface area (Å²) in [6.07, 6.45) is -4.63. The van der Waals surface area contributed by atoms with Gasteiger partial charge in [0, 0.05) is 4.47 Å². The van der Waals surface area contributed by atoms with Crippen molar-refractivity contribution in [1.29, 1.82) is 5.26 Å². The summed E-state index contributed by atoms with van der Waals surface area (Å²) in [5, 5.41) is 8.78. The van der Waals surface area contributed by atoms with E-state index >= 15 is 0 Å². The maximum atomic E-state index is 13.6. The van der Waals surface area contributed by atoms with Gasteiger partial charge in [0.25, 0.3) is 0 Å². The van der Waals surface area contributed by atoms with E-state index in [4.69, 9.17) is 10.00 Å². The molecule has 0 bridgehead atoms. The number of hydrogen-bond donors (Lipinski definition) is 0. The van der Waals surface area contributed by atoms with Crippen LogP contribution in [0.15, 0.2) is 40.9 Å². The minimum absolute atomic E-state index is 0.0548. The highest BCUT2D eigenvalue weighted by atomic mass is 79.9. The van der Waals surface area contributed by atoms with Gasteiger partial charge >= 0.3 is 6.18 Å². The molecule has 108 valence electrons. The number of hydrogen-bond acceptors (Lipinski definition) is 2. The van der Waals surface area contributed by atoms with Crippen molar-refractivity contribution >= 4 is 15.9 Å². The summed E-state index contributed by atoms with van der Waals surface area (Å²) in [7, 11) is 0. The SMILES string of the molecule is N#Cc1cc(Oc2ccc(Br)cc2F)ccc1C(F)(F)F. The minimum Gasteiger partial charge on any atom is -0.454 e. The predicted octanol–water partition coefficient (Wildman–Crippen LogP) is 5.27. The fourth-order valence-corrected chi connectivity index (χ4v) is 1.94. The van der Waals surface area contributed by atoms with Crippen LogP contribution in [0.2, 0.25) is 0 Å². The average Bonchev–Trinajstić information content (AvgIpc) is 2.40. The number of halogens is 5. The van der Waals surface area contributed by atoms with Crippen LogP contribution in [0.1, 0.15) is 11.1 Å². The molecule has 2 rings (SSSR count). The second kappa shape index (κ2) is 5.74. The van der Waals surface area contributed by atoms with Crippen LogP contribution >= 0.6 is 15.9 Å². The first-order chi connectivity index (χ1) is 9.81. The first-order valence-electron chi connectivity index (χ1n) is 5.55. The van der Waals surface area contributed by atoms with E-state index < -0.39 is 23.1 Å². The van der Waals surface area contributed by atoms with Crippen LogP contribution in [0.4, 0.5) is 17.6 Å². The molecule has 21 heavy (non-hydrogen) atoms. The van der Waals surface area contributed by atoms with Crippen molar-refractivity contribution in [2.75, 3.05) is 0 Å². The molecule has 0 atom stereocenters. The zero-order chi connectivity index (χ0) is 15.6. The van der Waals surface area contributed by atoms with Gasteiger partial charge in [-0.15, -0.1) is 0 Å². The number of nitrogens with zero attached hydrogens (tertiary/aromatic N) is 1. The highest BCUT2D eigenvalue weighted by Gasteiger charge is 2.33. The number of alkyl halides is 3. The Kier molecular flexibility index (Phi) is 4.19. The molecule has 0 saturated carbocycles. The summed E-state index contributed by atoms with van der Waals surface area (Å²) < 4.78 is 57.2. The molecule has 2 nitrogen and oxygen atoms in total. The van der Waals surface area contributed by atoms with Gasteiger partial charge in [0.1, 0.15) is 5.75 Å². The topological polar surface area (TPSA) is 33.0 Å². The zero-order valence-corrected chi connectivity index (χ0v) is 11.8. The van der Waals surface area contributed by atoms with Crippen LogP contribution in [-0.2, 0) is 6.18 Å². The van der Waals surface area contributed by atoms with Crippen LogP contribution in [0.3, 0.4) is 0 Å². The van der Waals surface area contributed by atoms with E-state index in [9.17, 15) is 17.6 Å². The third kappa shape index (κ3) is 3.52. The molecule has 0 aliphatic carbocycles. The summed E-state index contributed by atoms with van der Waals surface area (Å²) in [6.45, 7) is 0. The standard InChI is InChI=1S/C14H6BrF4NO/c15-9-1-4-13(12(16)6-9)21-10-2-3-11(14(17,18)19)8(5-10)7-20/h1-6H.